The fourth-order valence-corrected chi connectivity index (χ4v) is 2.85. The van der Waals surface area contributed by atoms with Gasteiger partial charge in [-0.25, -0.2) is 12.8 Å². The molecule has 1 aromatic rings. The van der Waals surface area contributed by atoms with Crippen LogP contribution in [0.3, 0.4) is 0 Å². The summed E-state index contributed by atoms with van der Waals surface area (Å²) in [5, 5.41) is -0.224. The van der Waals surface area contributed by atoms with Gasteiger partial charge in [0.15, 0.2) is 9.84 Å². The maximum absolute atomic E-state index is 12.5. The van der Waals surface area contributed by atoms with Crippen LogP contribution in [0.2, 0.25) is 0 Å². The summed E-state index contributed by atoms with van der Waals surface area (Å²) in [6.07, 6.45) is 1.47. The van der Waals surface area contributed by atoms with E-state index < -0.39 is 15.7 Å². The fraction of sp³-hybridized carbons (Fsp3) is 0.333. The molecular weight excluding hydrogens is 191 g/mol. The molecule has 0 aromatic heterocycles. The van der Waals surface area contributed by atoms with E-state index in [1.165, 1.54) is 24.3 Å². The zero-order valence-electron chi connectivity index (χ0n) is 6.90. The van der Waals surface area contributed by atoms with Crippen molar-refractivity contribution >= 4 is 9.84 Å². The van der Waals surface area contributed by atoms with Gasteiger partial charge in [-0.15, -0.1) is 0 Å². The van der Waals surface area contributed by atoms with Gasteiger partial charge in [-0.1, -0.05) is 0 Å². The van der Waals surface area contributed by atoms with Crippen molar-refractivity contribution in [2.75, 3.05) is 0 Å². The third-order valence-corrected chi connectivity index (χ3v) is 4.38. The van der Waals surface area contributed by atoms with E-state index in [0.717, 1.165) is 12.8 Å². The lowest BCUT2D eigenvalue weighted by Crippen LogP contribution is -2.06. The first-order valence-electron chi connectivity index (χ1n) is 4.10. The molecule has 0 unspecified atom stereocenters. The maximum Gasteiger partial charge on any atom is 0.181 e. The lowest BCUT2D eigenvalue weighted by atomic mass is 10.4. The Hall–Kier alpha value is -0.900. The fourth-order valence-electron chi connectivity index (χ4n) is 1.20. The molecule has 0 amide bonds. The van der Waals surface area contributed by atoms with Gasteiger partial charge in [0.25, 0.3) is 0 Å². The predicted octanol–water partition coefficient (Wildman–Crippen LogP) is 1.76. The normalized spacial score (nSPS) is 17.3. The molecular formula is C9H9FO2S. The summed E-state index contributed by atoms with van der Waals surface area (Å²) >= 11 is 0. The number of benzene rings is 1. The summed E-state index contributed by atoms with van der Waals surface area (Å²) in [6.45, 7) is 0. The Labute approximate surface area is 76.3 Å². The monoisotopic (exact) mass is 200 g/mol. The molecule has 0 N–H and O–H groups in total. The summed E-state index contributed by atoms with van der Waals surface area (Å²) < 4.78 is 35.7. The summed E-state index contributed by atoms with van der Waals surface area (Å²) in [7, 11) is -3.15. The molecule has 1 aromatic carbocycles. The van der Waals surface area contributed by atoms with E-state index in [2.05, 4.69) is 0 Å². The van der Waals surface area contributed by atoms with Crippen LogP contribution in [0.15, 0.2) is 29.2 Å². The molecule has 1 aliphatic carbocycles. The highest BCUT2D eigenvalue weighted by atomic mass is 32.2. The van der Waals surface area contributed by atoms with Crippen LogP contribution in [0.25, 0.3) is 0 Å². The van der Waals surface area contributed by atoms with E-state index in [1.54, 1.807) is 0 Å². The highest BCUT2D eigenvalue weighted by Crippen LogP contribution is 2.33. The van der Waals surface area contributed by atoms with Gasteiger partial charge in [0.05, 0.1) is 10.1 Å². The zero-order valence-corrected chi connectivity index (χ0v) is 7.72. The van der Waals surface area contributed by atoms with Gasteiger partial charge in [-0.2, -0.15) is 0 Å². The minimum atomic E-state index is -3.15. The van der Waals surface area contributed by atoms with Crippen LogP contribution in [0.5, 0.6) is 0 Å². The van der Waals surface area contributed by atoms with Crippen LogP contribution in [-0.2, 0) is 9.84 Å². The highest BCUT2D eigenvalue weighted by Gasteiger charge is 2.36. The molecule has 1 fully saturated rings. The molecule has 1 aliphatic rings. The summed E-state index contributed by atoms with van der Waals surface area (Å²) in [5.74, 6) is -0.408. The molecule has 1 saturated carbocycles. The molecule has 0 spiro atoms. The van der Waals surface area contributed by atoms with Gasteiger partial charge in [-0.3, -0.25) is 0 Å². The van der Waals surface area contributed by atoms with E-state index >= 15 is 0 Å². The molecule has 13 heavy (non-hydrogen) atoms. The molecule has 0 heterocycles. The maximum atomic E-state index is 12.5. The molecule has 0 aliphatic heterocycles. The smallest absolute Gasteiger partial charge is 0.181 e. The molecule has 0 radical (unpaired) electrons. The van der Waals surface area contributed by atoms with E-state index in [4.69, 9.17) is 0 Å². The van der Waals surface area contributed by atoms with Crippen LogP contribution in [-0.4, -0.2) is 13.7 Å². The number of halogens is 1. The molecule has 2 nitrogen and oxygen atoms in total. The molecule has 2 rings (SSSR count). The van der Waals surface area contributed by atoms with Crippen molar-refractivity contribution in [3.05, 3.63) is 30.1 Å². The van der Waals surface area contributed by atoms with Crippen molar-refractivity contribution in [3.63, 3.8) is 0 Å². The Morgan fingerprint density at radius 1 is 1.15 bits per heavy atom. The number of rotatable bonds is 2. The molecule has 70 valence electrons. The van der Waals surface area contributed by atoms with Crippen molar-refractivity contribution in [3.8, 4) is 0 Å². The van der Waals surface area contributed by atoms with Crippen molar-refractivity contribution in [1.29, 1.82) is 0 Å². The number of sulfone groups is 1. The lowest BCUT2D eigenvalue weighted by molar-refractivity contribution is 0.593. The summed E-state index contributed by atoms with van der Waals surface area (Å²) in [5.41, 5.74) is 0. The third kappa shape index (κ3) is 1.58. The molecule has 4 heteroatoms. The molecule has 0 bridgehead atoms. The highest BCUT2D eigenvalue weighted by molar-refractivity contribution is 7.92. The number of hydrogen-bond acceptors (Lipinski definition) is 2. The van der Waals surface area contributed by atoms with Crippen molar-refractivity contribution < 1.29 is 12.8 Å². The number of hydrogen-bond donors (Lipinski definition) is 0. The van der Waals surface area contributed by atoms with Crippen LogP contribution >= 0.6 is 0 Å². The Kier molecular flexibility index (Phi) is 1.87. The first-order chi connectivity index (χ1) is 6.10. The minimum absolute atomic E-state index is 0.224. The first kappa shape index (κ1) is 8.69. The Morgan fingerprint density at radius 3 is 2.15 bits per heavy atom. The van der Waals surface area contributed by atoms with E-state index in [0.29, 0.717) is 0 Å². The van der Waals surface area contributed by atoms with Gasteiger partial charge >= 0.3 is 0 Å². The SMILES string of the molecule is O=S(=O)(c1ccc(F)cc1)C1CC1. The predicted molar refractivity (Wildman–Crippen MR) is 46.6 cm³/mol. The van der Waals surface area contributed by atoms with Crippen LogP contribution in [0.1, 0.15) is 12.8 Å². The van der Waals surface area contributed by atoms with Gasteiger partial charge in [0.1, 0.15) is 5.82 Å². The van der Waals surface area contributed by atoms with Crippen LogP contribution in [0, 0.1) is 5.82 Å². The van der Waals surface area contributed by atoms with E-state index in [-0.39, 0.29) is 10.1 Å². The molecule has 0 atom stereocenters. The quantitative estimate of drug-likeness (QED) is 0.682. The van der Waals surface area contributed by atoms with Gasteiger partial charge < -0.3 is 0 Å². The summed E-state index contributed by atoms with van der Waals surface area (Å²) in [6, 6.07) is 5.00. The van der Waals surface area contributed by atoms with Gasteiger partial charge in [-0.05, 0) is 37.1 Å². The average molecular weight is 200 g/mol. The van der Waals surface area contributed by atoms with E-state index in [1.807, 2.05) is 0 Å². The van der Waals surface area contributed by atoms with Crippen molar-refractivity contribution in [2.24, 2.45) is 0 Å². The Bertz CT molecular complexity index is 404. The topological polar surface area (TPSA) is 34.1 Å². The van der Waals surface area contributed by atoms with Gasteiger partial charge in [0.2, 0.25) is 0 Å². The second-order valence-corrected chi connectivity index (χ2v) is 5.43. The van der Waals surface area contributed by atoms with Crippen LogP contribution in [0.4, 0.5) is 4.39 Å². The third-order valence-electron chi connectivity index (χ3n) is 2.11. The second kappa shape index (κ2) is 2.80. The van der Waals surface area contributed by atoms with Crippen molar-refractivity contribution in [1.82, 2.24) is 0 Å². The minimum Gasteiger partial charge on any atom is -0.223 e. The first-order valence-corrected chi connectivity index (χ1v) is 5.65. The summed E-state index contributed by atoms with van der Waals surface area (Å²) in [4.78, 5) is 0.233. The second-order valence-electron chi connectivity index (χ2n) is 3.20. The largest absolute Gasteiger partial charge is 0.223 e. The average Bonchev–Trinajstić information content (AvgIpc) is 2.87. The van der Waals surface area contributed by atoms with Crippen LogP contribution < -0.4 is 0 Å². The standard InChI is InChI=1S/C9H9FO2S/c10-7-1-3-8(4-2-7)13(11,12)9-5-6-9/h1-4,9H,5-6H2. The molecule has 0 saturated heterocycles. The Balaban J connectivity index is 2.40. The van der Waals surface area contributed by atoms with E-state index in [9.17, 15) is 12.8 Å². The zero-order chi connectivity index (χ0) is 9.47. The lowest BCUT2D eigenvalue weighted by Gasteiger charge is -2.00. The van der Waals surface area contributed by atoms with Gasteiger partial charge in [0, 0.05) is 0 Å². The Morgan fingerprint density at radius 2 is 1.69 bits per heavy atom. The van der Waals surface area contributed by atoms with Crippen molar-refractivity contribution in [2.45, 2.75) is 23.0 Å².